The van der Waals surface area contributed by atoms with E-state index in [1.807, 2.05) is 35.0 Å². The Kier molecular flexibility index (Phi) is 3.21. The molecule has 0 radical (unpaired) electrons. The van der Waals surface area contributed by atoms with Crippen LogP contribution in [0.1, 0.15) is 5.56 Å². The lowest BCUT2D eigenvalue weighted by Gasteiger charge is -2.28. The smallest absolute Gasteiger partial charge is 0.182 e. The number of benzene rings is 1. The summed E-state index contributed by atoms with van der Waals surface area (Å²) in [6.07, 6.45) is 2.64. The number of hydrogen-bond acceptors (Lipinski definition) is 6. The van der Waals surface area contributed by atoms with Gasteiger partial charge in [-0.25, -0.2) is 14.5 Å². The zero-order chi connectivity index (χ0) is 16.8. The number of nitrogens with two attached hydrogens (primary N) is 1. The minimum atomic E-state index is 0.655. The van der Waals surface area contributed by atoms with Crippen molar-refractivity contribution in [3.05, 3.63) is 42.1 Å². The molecule has 0 atom stereocenters. The first-order chi connectivity index (χ1) is 12.3. The van der Waals surface area contributed by atoms with Gasteiger partial charge in [-0.1, -0.05) is 0 Å². The molecule has 0 amide bonds. The Morgan fingerprint density at radius 2 is 2.00 bits per heavy atom. The number of amidine groups is 1. The van der Waals surface area contributed by atoms with Crippen molar-refractivity contribution in [3.8, 4) is 11.4 Å². The van der Waals surface area contributed by atoms with Crippen LogP contribution in [0.2, 0.25) is 0 Å². The molecule has 1 aromatic carbocycles. The molecule has 7 nitrogen and oxygen atoms in total. The second-order valence-electron chi connectivity index (χ2n) is 6.32. The predicted molar refractivity (Wildman–Crippen MR) is 96.4 cm³/mol. The van der Waals surface area contributed by atoms with Gasteiger partial charge in [0.05, 0.1) is 18.9 Å². The first-order valence-corrected chi connectivity index (χ1v) is 8.42. The fourth-order valence-corrected chi connectivity index (χ4v) is 3.41. The number of fused-ring (bicyclic) bond motifs is 2. The molecule has 0 bridgehead atoms. The lowest BCUT2D eigenvalue weighted by Crippen LogP contribution is -2.37. The average molecular weight is 334 g/mol. The van der Waals surface area contributed by atoms with Crippen molar-refractivity contribution in [2.45, 2.75) is 6.42 Å². The van der Waals surface area contributed by atoms with Gasteiger partial charge in [-0.2, -0.15) is 0 Å². The molecule has 4 heterocycles. The maximum Gasteiger partial charge on any atom is 0.182 e. The third kappa shape index (κ3) is 2.44. The molecule has 1 saturated heterocycles. The van der Waals surface area contributed by atoms with Crippen LogP contribution in [0.3, 0.4) is 0 Å². The second kappa shape index (κ2) is 5.56. The molecule has 2 N–H and O–H groups in total. The third-order valence-corrected chi connectivity index (χ3v) is 4.66. The molecular formula is C18H18N6O. The van der Waals surface area contributed by atoms with E-state index >= 15 is 0 Å². The van der Waals surface area contributed by atoms with E-state index < -0.39 is 0 Å². The van der Waals surface area contributed by atoms with Crippen LogP contribution >= 0.6 is 0 Å². The molecule has 2 aliphatic heterocycles. The van der Waals surface area contributed by atoms with Crippen LogP contribution < -0.4 is 10.6 Å². The summed E-state index contributed by atoms with van der Waals surface area (Å²) in [6.45, 7) is 3.13. The monoisotopic (exact) mass is 334 g/mol. The number of aliphatic imine (C=N–C) groups is 1. The van der Waals surface area contributed by atoms with Gasteiger partial charge in [0.1, 0.15) is 11.4 Å². The quantitative estimate of drug-likeness (QED) is 0.772. The topological polar surface area (TPSA) is 81.0 Å². The Hall–Kier alpha value is -2.93. The van der Waals surface area contributed by atoms with Gasteiger partial charge < -0.3 is 15.4 Å². The molecule has 0 unspecified atom stereocenters. The SMILES string of the molecule is NC1=Nc2ccc(-c3nc(N4CCOCC4)c4cccn4n3)cc2C1. The number of ether oxygens (including phenoxy) is 1. The molecule has 25 heavy (non-hydrogen) atoms. The van der Waals surface area contributed by atoms with E-state index in [1.165, 1.54) is 0 Å². The maximum atomic E-state index is 5.85. The van der Waals surface area contributed by atoms with Gasteiger partial charge in [0.2, 0.25) is 0 Å². The van der Waals surface area contributed by atoms with Crippen molar-refractivity contribution >= 4 is 22.9 Å². The molecule has 3 aromatic rings. The Morgan fingerprint density at radius 1 is 1.12 bits per heavy atom. The van der Waals surface area contributed by atoms with Crippen LogP contribution in [0.5, 0.6) is 0 Å². The van der Waals surface area contributed by atoms with Crippen LogP contribution in [0.25, 0.3) is 16.9 Å². The summed E-state index contributed by atoms with van der Waals surface area (Å²) in [6, 6.07) is 10.1. The van der Waals surface area contributed by atoms with E-state index in [2.05, 4.69) is 21.1 Å². The Bertz CT molecular complexity index is 986. The van der Waals surface area contributed by atoms with Crippen molar-refractivity contribution in [1.29, 1.82) is 0 Å². The molecule has 2 aliphatic rings. The molecule has 126 valence electrons. The highest BCUT2D eigenvalue weighted by atomic mass is 16.5. The molecule has 0 spiro atoms. The Balaban J connectivity index is 1.61. The maximum absolute atomic E-state index is 5.85. The van der Waals surface area contributed by atoms with Gasteiger partial charge in [-0.3, -0.25) is 0 Å². The summed E-state index contributed by atoms with van der Waals surface area (Å²) in [5, 5.41) is 4.68. The molecule has 5 rings (SSSR count). The second-order valence-corrected chi connectivity index (χ2v) is 6.32. The summed E-state index contributed by atoms with van der Waals surface area (Å²) in [7, 11) is 0. The van der Waals surface area contributed by atoms with Gasteiger partial charge in [-0.05, 0) is 35.9 Å². The summed E-state index contributed by atoms with van der Waals surface area (Å²) in [5.74, 6) is 2.32. The number of hydrogen-bond donors (Lipinski definition) is 1. The van der Waals surface area contributed by atoms with Gasteiger partial charge in [0.25, 0.3) is 0 Å². The number of rotatable bonds is 2. The van der Waals surface area contributed by atoms with Crippen LogP contribution in [0.15, 0.2) is 41.5 Å². The molecule has 2 aromatic heterocycles. The molecule has 0 aliphatic carbocycles. The Labute approximate surface area is 144 Å². The highest BCUT2D eigenvalue weighted by molar-refractivity contribution is 5.91. The average Bonchev–Trinajstić information content (AvgIpc) is 3.26. The van der Waals surface area contributed by atoms with E-state index in [1.54, 1.807) is 0 Å². The van der Waals surface area contributed by atoms with Crippen molar-refractivity contribution in [1.82, 2.24) is 14.6 Å². The van der Waals surface area contributed by atoms with Crippen LogP contribution in [-0.2, 0) is 11.2 Å². The Morgan fingerprint density at radius 3 is 2.88 bits per heavy atom. The van der Waals surface area contributed by atoms with Crippen molar-refractivity contribution in [2.75, 3.05) is 31.2 Å². The summed E-state index contributed by atoms with van der Waals surface area (Å²) >= 11 is 0. The number of nitrogens with zero attached hydrogens (tertiary/aromatic N) is 5. The third-order valence-electron chi connectivity index (χ3n) is 4.66. The van der Waals surface area contributed by atoms with Crippen molar-refractivity contribution in [3.63, 3.8) is 0 Å². The number of aromatic nitrogens is 3. The van der Waals surface area contributed by atoms with Gasteiger partial charge in [0.15, 0.2) is 11.6 Å². The zero-order valence-corrected chi connectivity index (χ0v) is 13.7. The largest absolute Gasteiger partial charge is 0.387 e. The standard InChI is InChI=1S/C18H18N6O/c19-16-11-13-10-12(3-4-14(13)20-16)17-21-18(23-6-8-25-9-7-23)15-2-1-5-24(15)22-17/h1-5,10H,6-9,11H2,(H2,19,20). The molecule has 0 saturated carbocycles. The van der Waals surface area contributed by atoms with E-state index in [0.717, 1.165) is 54.5 Å². The highest BCUT2D eigenvalue weighted by Gasteiger charge is 2.19. The predicted octanol–water partition coefficient (Wildman–Crippen LogP) is 1.78. The minimum Gasteiger partial charge on any atom is -0.387 e. The van der Waals surface area contributed by atoms with Crippen LogP contribution in [0, 0.1) is 0 Å². The fourth-order valence-electron chi connectivity index (χ4n) is 3.41. The first kappa shape index (κ1) is 14.4. The normalized spacial score (nSPS) is 17.0. The lowest BCUT2D eigenvalue weighted by molar-refractivity contribution is 0.122. The summed E-state index contributed by atoms with van der Waals surface area (Å²) < 4.78 is 7.37. The number of anilines is 1. The van der Waals surface area contributed by atoms with Gasteiger partial charge in [-0.15, -0.1) is 5.10 Å². The summed E-state index contributed by atoms with van der Waals surface area (Å²) in [4.78, 5) is 11.5. The zero-order valence-electron chi connectivity index (χ0n) is 13.7. The molecule has 1 fully saturated rings. The highest BCUT2D eigenvalue weighted by Crippen LogP contribution is 2.31. The van der Waals surface area contributed by atoms with Crippen molar-refractivity contribution in [2.24, 2.45) is 10.7 Å². The first-order valence-electron chi connectivity index (χ1n) is 8.42. The van der Waals surface area contributed by atoms with E-state index in [9.17, 15) is 0 Å². The minimum absolute atomic E-state index is 0.655. The van der Waals surface area contributed by atoms with Gasteiger partial charge >= 0.3 is 0 Å². The van der Waals surface area contributed by atoms with Crippen LogP contribution in [-0.4, -0.2) is 46.7 Å². The van der Waals surface area contributed by atoms with Crippen LogP contribution in [0.4, 0.5) is 11.5 Å². The van der Waals surface area contributed by atoms with E-state index in [0.29, 0.717) is 18.1 Å². The molecular weight excluding hydrogens is 316 g/mol. The lowest BCUT2D eigenvalue weighted by atomic mass is 10.1. The van der Waals surface area contributed by atoms with Gasteiger partial charge in [0, 0.05) is 31.3 Å². The summed E-state index contributed by atoms with van der Waals surface area (Å²) in [5.41, 5.74) is 9.91. The van der Waals surface area contributed by atoms with Crippen molar-refractivity contribution < 1.29 is 4.74 Å². The number of morpholine rings is 1. The van der Waals surface area contributed by atoms with E-state index in [4.69, 9.17) is 15.5 Å². The molecule has 7 heteroatoms. The van der Waals surface area contributed by atoms with E-state index in [-0.39, 0.29) is 0 Å². The fraction of sp³-hybridized carbons (Fsp3) is 0.278.